The Morgan fingerprint density at radius 2 is 2.19 bits per heavy atom. The van der Waals surface area contributed by atoms with Gasteiger partial charge in [-0.1, -0.05) is 11.6 Å². The van der Waals surface area contributed by atoms with Gasteiger partial charge in [0.25, 0.3) is 11.6 Å². The Kier molecular flexibility index (Phi) is 4.23. The van der Waals surface area contributed by atoms with Crippen LogP contribution in [0.15, 0.2) is 30.6 Å². The lowest BCUT2D eigenvalue weighted by atomic mass is 10.3. The summed E-state index contributed by atoms with van der Waals surface area (Å²) in [4.78, 5) is 26.4. The second-order valence-electron chi connectivity index (χ2n) is 4.67. The number of nitrogens with zero attached hydrogens (tertiary/aromatic N) is 3. The molecule has 0 radical (unpaired) electrons. The van der Waals surface area contributed by atoms with Crippen molar-refractivity contribution in [3.63, 3.8) is 0 Å². The van der Waals surface area contributed by atoms with E-state index in [2.05, 4.69) is 10.3 Å². The first kappa shape index (κ1) is 15.0. The number of carbonyl (C=O) groups is 1. The number of hydrogen-bond donors (Lipinski definition) is 1. The molecule has 2 aromatic rings. The summed E-state index contributed by atoms with van der Waals surface area (Å²) in [7, 11) is 0. The van der Waals surface area contributed by atoms with E-state index in [0.29, 0.717) is 10.8 Å². The lowest BCUT2D eigenvalue weighted by molar-refractivity contribution is -0.384. The zero-order chi connectivity index (χ0) is 15.6. The van der Waals surface area contributed by atoms with Crippen molar-refractivity contribution in [2.45, 2.75) is 19.9 Å². The number of aromatic nitrogens is 2. The molecule has 2 aromatic heterocycles. The van der Waals surface area contributed by atoms with Crippen LogP contribution in [-0.4, -0.2) is 20.4 Å². The number of pyridine rings is 1. The van der Waals surface area contributed by atoms with Crippen LogP contribution in [-0.2, 0) is 0 Å². The number of rotatable bonds is 4. The molecule has 2 heterocycles. The van der Waals surface area contributed by atoms with E-state index in [9.17, 15) is 14.9 Å². The molecule has 0 spiro atoms. The molecule has 0 aliphatic carbocycles. The highest BCUT2D eigenvalue weighted by molar-refractivity contribution is 6.29. The van der Waals surface area contributed by atoms with E-state index in [0.717, 1.165) is 0 Å². The topological polar surface area (TPSA) is 90.1 Å². The maximum atomic E-state index is 12.2. The average molecular weight is 309 g/mol. The largest absolute Gasteiger partial charge is 0.335 e. The van der Waals surface area contributed by atoms with Crippen molar-refractivity contribution in [2.75, 3.05) is 5.32 Å². The summed E-state index contributed by atoms with van der Waals surface area (Å²) < 4.78 is 1.55. The Morgan fingerprint density at radius 3 is 2.71 bits per heavy atom. The fraction of sp³-hybridized carbons (Fsp3) is 0.231. The number of carbonyl (C=O) groups excluding carboxylic acids is 1. The molecule has 0 fully saturated rings. The number of nitrogens with one attached hydrogen (secondary N) is 1. The molecular weight excluding hydrogens is 296 g/mol. The first-order valence-corrected chi connectivity index (χ1v) is 6.55. The molecule has 0 aliphatic heterocycles. The fourth-order valence-electron chi connectivity index (χ4n) is 1.82. The Hall–Kier alpha value is -2.41. The molecule has 1 amide bonds. The van der Waals surface area contributed by atoms with Crippen LogP contribution < -0.4 is 5.32 Å². The number of halogens is 1. The third kappa shape index (κ3) is 3.38. The SMILES string of the molecule is CC(C)n1cc([N+](=O)[O-])cc1C(=O)Nc1ccc(Cl)nc1. The highest BCUT2D eigenvalue weighted by Gasteiger charge is 2.20. The van der Waals surface area contributed by atoms with Crippen molar-refractivity contribution in [2.24, 2.45) is 0 Å². The van der Waals surface area contributed by atoms with Crippen LogP contribution in [0.2, 0.25) is 5.15 Å². The molecule has 0 aliphatic rings. The van der Waals surface area contributed by atoms with Crippen LogP contribution >= 0.6 is 11.6 Å². The summed E-state index contributed by atoms with van der Waals surface area (Å²) in [6.45, 7) is 3.68. The van der Waals surface area contributed by atoms with Gasteiger partial charge >= 0.3 is 0 Å². The third-order valence-corrected chi connectivity index (χ3v) is 3.04. The van der Waals surface area contributed by atoms with Crippen molar-refractivity contribution in [1.82, 2.24) is 9.55 Å². The molecule has 8 heteroatoms. The third-order valence-electron chi connectivity index (χ3n) is 2.82. The van der Waals surface area contributed by atoms with Crippen LogP contribution in [0.3, 0.4) is 0 Å². The van der Waals surface area contributed by atoms with Crippen LogP contribution in [0.5, 0.6) is 0 Å². The molecule has 21 heavy (non-hydrogen) atoms. The predicted octanol–water partition coefficient (Wildman–Crippen LogP) is 3.28. The molecule has 0 aromatic carbocycles. The second kappa shape index (κ2) is 5.92. The van der Waals surface area contributed by atoms with Gasteiger partial charge in [-0.3, -0.25) is 14.9 Å². The predicted molar refractivity (Wildman–Crippen MR) is 78.7 cm³/mol. The van der Waals surface area contributed by atoms with Crippen molar-refractivity contribution < 1.29 is 9.72 Å². The van der Waals surface area contributed by atoms with E-state index in [1.807, 2.05) is 13.8 Å². The van der Waals surface area contributed by atoms with Crippen molar-refractivity contribution >= 4 is 28.9 Å². The highest BCUT2D eigenvalue weighted by Crippen LogP contribution is 2.22. The Morgan fingerprint density at radius 1 is 1.48 bits per heavy atom. The minimum atomic E-state index is -0.528. The highest BCUT2D eigenvalue weighted by atomic mass is 35.5. The van der Waals surface area contributed by atoms with Gasteiger partial charge in [0, 0.05) is 12.1 Å². The van der Waals surface area contributed by atoms with E-state index < -0.39 is 10.8 Å². The van der Waals surface area contributed by atoms with Crippen molar-refractivity contribution in [3.8, 4) is 0 Å². The summed E-state index contributed by atoms with van der Waals surface area (Å²) in [5.74, 6) is -0.444. The van der Waals surface area contributed by atoms with Gasteiger partial charge in [0.15, 0.2) is 0 Å². The van der Waals surface area contributed by atoms with E-state index in [-0.39, 0.29) is 17.4 Å². The van der Waals surface area contributed by atoms with Crippen LogP contribution in [0.4, 0.5) is 11.4 Å². The van der Waals surface area contributed by atoms with E-state index in [1.54, 1.807) is 16.7 Å². The number of hydrogen-bond acceptors (Lipinski definition) is 4. The van der Waals surface area contributed by atoms with E-state index >= 15 is 0 Å². The van der Waals surface area contributed by atoms with Gasteiger partial charge in [0.05, 0.1) is 23.0 Å². The van der Waals surface area contributed by atoms with Gasteiger partial charge in [0.2, 0.25) is 0 Å². The van der Waals surface area contributed by atoms with Crippen LogP contribution in [0.1, 0.15) is 30.4 Å². The van der Waals surface area contributed by atoms with E-state index in [1.165, 1.54) is 18.5 Å². The first-order chi connectivity index (χ1) is 9.88. The van der Waals surface area contributed by atoms with Gasteiger partial charge < -0.3 is 9.88 Å². The van der Waals surface area contributed by atoms with Gasteiger partial charge in [-0.2, -0.15) is 0 Å². The van der Waals surface area contributed by atoms with Gasteiger partial charge in [-0.15, -0.1) is 0 Å². The molecule has 0 atom stereocenters. The Balaban J connectivity index is 2.29. The normalized spacial score (nSPS) is 10.7. The monoisotopic (exact) mass is 308 g/mol. The van der Waals surface area contributed by atoms with Crippen molar-refractivity contribution in [1.29, 1.82) is 0 Å². The number of amides is 1. The lowest BCUT2D eigenvalue weighted by Gasteiger charge is -2.12. The summed E-state index contributed by atoms with van der Waals surface area (Å²) in [6.07, 6.45) is 2.76. The zero-order valence-corrected chi connectivity index (χ0v) is 12.2. The fourth-order valence-corrected chi connectivity index (χ4v) is 1.93. The Labute approximate surface area is 125 Å². The summed E-state index contributed by atoms with van der Waals surface area (Å²) in [5, 5.41) is 13.8. The maximum Gasteiger partial charge on any atom is 0.287 e. The standard InChI is InChI=1S/C13H13ClN4O3/c1-8(2)17-7-10(18(20)21)5-11(17)13(19)16-9-3-4-12(14)15-6-9/h3-8H,1-2H3,(H,16,19). The van der Waals surface area contributed by atoms with Gasteiger partial charge in [-0.25, -0.2) is 4.98 Å². The zero-order valence-electron chi connectivity index (χ0n) is 11.4. The molecule has 0 unspecified atom stereocenters. The smallest absolute Gasteiger partial charge is 0.287 e. The minimum absolute atomic E-state index is 0.0807. The maximum absolute atomic E-state index is 12.2. The molecule has 2 rings (SSSR count). The average Bonchev–Trinajstić information content (AvgIpc) is 2.87. The summed E-state index contributed by atoms with van der Waals surface area (Å²) >= 11 is 5.67. The molecule has 0 bridgehead atoms. The quantitative estimate of drug-likeness (QED) is 0.533. The first-order valence-electron chi connectivity index (χ1n) is 6.17. The summed E-state index contributed by atoms with van der Waals surface area (Å²) in [6, 6.07) is 4.31. The molecular formula is C13H13ClN4O3. The lowest BCUT2D eigenvalue weighted by Crippen LogP contribution is -2.17. The second-order valence-corrected chi connectivity index (χ2v) is 5.05. The molecule has 110 valence electrons. The summed E-state index contributed by atoms with van der Waals surface area (Å²) in [5.41, 5.74) is 0.554. The number of anilines is 1. The molecule has 7 nitrogen and oxygen atoms in total. The Bertz CT molecular complexity index is 679. The number of nitro groups is 1. The molecule has 0 saturated carbocycles. The van der Waals surface area contributed by atoms with Gasteiger partial charge in [-0.05, 0) is 26.0 Å². The van der Waals surface area contributed by atoms with Crippen molar-refractivity contribution in [3.05, 3.63) is 51.6 Å². The molecule has 0 saturated heterocycles. The van der Waals surface area contributed by atoms with Gasteiger partial charge in [0.1, 0.15) is 10.8 Å². The minimum Gasteiger partial charge on any atom is -0.335 e. The van der Waals surface area contributed by atoms with E-state index in [4.69, 9.17) is 11.6 Å². The van der Waals surface area contributed by atoms with Crippen LogP contribution in [0, 0.1) is 10.1 Å². The molecule has 1 N–H and O–H groups in total. The van der Waals surface area contributed by atoms with Crippen LogP contribution in [0.25, 0.3) is 0 Å².